The van der Waals surface area contributed by atoms with Crippen LogP contribution in [0.15, 0.2) is 60.7 Å². The standard InChI is InChI=1S/C15H12O4/c16-13(11-7-3-1-4-8-11)15(18)19-14(17)12-9-5-2-6-10-12/h1-10,13,16H. The molecule has 0 saturated heterocycles. The van der Waals surface area contributed by atoms with E-state index in [0.29, 0.717) is 5.56 Å². The molecule has 0 bridgehead atoms. The Morgan fingerprint density at radius 2 is 1.42 bits per heavy atom. The number of rotatable bonds is 3. The van der Waals surface area contributed by atoms with Crippen molar-refractivity contribution in [2.45, 2.75) is 6.10 Å². The van der Waals surface area contributed by atoms with Crippen molar-refractivity contribution in [1.29, 1.82) is 0 Å². The minimum Gasteiger partial charge on any atom is -0.387 e. The van der Waals surface area contributed by atoms with Crippen molar-refractivity contribution in [1.82, 2.24) is 0 Å². The Labute approximate surface area is 110 Å². The number of carbonyl (C=O) groups excluding carboxylic acids is 2. The predicted molar refractivity (Wildman–Crippen MR) is 68.3 cm³/mol. The summed E-state index contributed by atoms with van der Waals surface area (Å²) >= 11 is 0. The first-order valence-electron chi connectivity index (χ1n) is 5.72. The lowest BCUT2D eigenvalue weighted by molar-refractivity contribution is -0.147. The summed E-state index contributed by atoms with van der Waals surface area (Å²) < 4.78 is 4.62. The first-order chi connectivity index (χ1) is 9.18. The van der Waals surface area contributed by atoms with Crippen LogP contribution in [0.5, 0.6) is 0 Å². The summed E-state index contributed by atoms with van der Waals surface area (Å²) in [5, 5.41) is 9.76. The summed E-state index contributed by atoms with van der Waals surface area (Å²) in [6.07, 6.45) is -1.46. The van der Waals surface area contributed by atoms with Crippen LogP contribution in [0.25, 0.3) is 0 Å². The van der Waals surface area contributed by atoms with Gasteiger partial charge < -0.3 is 9.84 Å². The van der Waals surface area contributed by atoms with E-state index in [0.717, 1.165) is 0 Å². The van der Waals surface area contributed by atoms with Crippen molar-refractivity contribution in [3.05, 3.63) is 71.8 Å². The van der Waals surface area contributed by atoms with E-state index in [2.05, 4.69) is 4.74 Å². The molecule has 0 aliphatic carbocycles. The fourth-order valence-corrected chi connectivity index (χ4v) is 1.55. The maximum Gasteiger partial charge on any atom is 0.347 e. The summed E-state index contributed by atoms with van der Waals surface area (Å²) in [6.45, 7) is 0. The molecule has 0 fully saturated rings. The van der Waals surface area contributed by atoms with Crippen LogP contribution in [0.4, 0.5) is 0 Å². The molecule has 2 aromatic rings. The molecule has 0 aliphatic heterocycles. The Kier molecular flexibility index (Phi) is 4.05. The summed E-state index contributed by atoms with van der Waals surface area (Å²) in [4.78, 5) is 23.3. The van der Waals surface area contributed by atoms with Gasteiger partial charge in [-0.25, -0.2) is 9.59 Å². The van der Waals surface area contributed by atoms with Crippen LogP contribution in [0, 0.1) is 0 Å². The van der Waals surface area contributed by atoms with Gasteiger partial charge in [-0.2, -0.15) is 0 Å². The molecule has 4 heteroatoms. The Morgan fingerprint density at radius 3 is 2.00 bits per heavy atom. The molecule has 0 amide bonds. The van der Waals surface area contributed by atoms with Gasteiger partial charge >= 0.3 is 11.9 Å². The van der Waals surface area contributed by atoms with Crippen molar-refractivity contribution < 1.29 is 19.4 Å². The van der Waals surface area contributed by atoms with E-state index in [9.17, 15) is 14.7 Å². The predicted octanol–water partition coefficient (Wildman–Crippen LogP) is 2.10. The maximum atomic E-state index is 11.6. The van der Waals surface area contributed by atoms with Gasteiger partial charge in [-0.1, -0.05) is 48.5 Å². The van der Waals surface area contributed by atoms with Gasteiger partial charge in [-0.3, -0.25) is 0 Å². The Hall–Kier alpha value is -2.46. The normalized spacial score (nSPS) is 11.6. The first-order valence-corrected chi connectivity index (χ1v) is 5.72. The molecule has 0 aliphatic rings. The highest BCUT2D eigenvalue weighted by atomic mass is 16.6. The smallest absolute Gasteiger partial charge is 0.347 e. The summed E-state index contributed by atoms with van der Waals surface area (Å²) in [6, 6.07) is 16.4. The summed E-state index contributed by atoms with van der Waals surface area (Å²) in [5.74, 6) is -1.76. The van der Waals surface area contributed by atoms with Gasteiger partial charge in [-0.15, -0.1) is 0 Å². The van der Waals surface area contributed by atoms with E-state index in [1.54, 1.807) is 48.5 Å². The second-order valence-electron chi connectivity index (χ2n) is 3.89. The third-order valence-corrected chi connectivity index (χ3v) is 2.54. The fourth-order valence-electron chi connectivity index (χ4n) is 1.55. The van der Waals surface area contributed by atoms with E-state index in [1.807, 2.05) is 0 Å². The third-order valence-electron chi connectivity index (χ3n) is 2.54. The molecule has 0 spiro atoms. The molecule has 2 rings (SSSR count). The molecular formula is C15H12O4. The molecule has 1 N–H and O–H groups in total. The fraction of sp³-hybridized carbons (Fsp3) is 0.0667. The summed E-state index contributed by atoms with van der Waals surface area (Å²) in [7, 11) is 0. The average molecular weight is 256 g/mol. The largest absolute Gasteiger partial charge is 0.387 e. The lowest BCUT2D eigenvalue weighted by Crippen LogP contribution is -2.19. The minimum atomic E-state index is -1.46. The molecule has 0 saturated carbocycles. The van der Waals surface area contributed by atoms with Gasteiger partial charge in [0.05, 0.1) is 5.56 Å². The van der Waals surface area contributed by atoms with Crippen molar-refractivity contribution >= 4 is 11.9 Å². The number of hydrogen-bond donors (Lipinski definition) is 1. The SMILES string of the molecule is O=C(OC(=O)C(O)c1ccccc1)c1ccccc1. The van der Waals surface area contributed by atoms with E-state index in [-0.39, 0.29) is 5.56 Å². The molecule has 2 aromatic carbocycles. The molecule has 4 nitrogen and oxygen atoms in total. The quantitative estimate of drug-likeness (QED) is 0.674. The number of aliphatic hydroxyl groups is 1. The maximum absolute atomic E-state index is 11.6. The second-order valence-corrected chi connectivity index (χ2v) is 3.89. The van der Waals surface area contributed by atoms with Gasteiger partial charge in [0.2, 0.25) is 0 Å². The van der Waals surface area contributed by atoms with Crippen LogP contribution in [0.3, 0.4) is 0 Å². The van der Waals surface area contributed by atoms with Crippen molar-refractivity contribution in [2.24, 2.45) is 0 Å². The molecule has 0 heterocycles. The topological polar surface area (TPSA) is 63.6 Å². The van der Waals surface area contributed by atoms with Crippen LogP contribution in [0.2, 0.25) is 0 Å². The first kappa shape index (κ1) is 13.0. The van der Waals surface area contributed by atoms with Gasteiger partial charge in [0.15, 0.2) is 6.10 Å². The molecular weight excluding hydrogens is 244 g/mol. The average Bonchev–Trinajstić information content (AvgIpc) is 2.48. The van der Waals surface area contributed by atoms with Gasteiger partial charge in [0, 0.05) is 0 Å². The highest BCUT2D eigenvalue weighted by Crippen LogP contribution is 2.14. The number of benzene rings is 2. The van der Waals surface area contributed by atoms with Crippen molar-refractivity contribution in [3.8, 4) is 0 Å². The lowest BCUT2D eigenvalue weighted by atomic mass is 10.1. The third kappa shape index (κ3) is 3.26. The number of esters is 2. The Balaban J connectivity index is 2.04. The highest BCUT2D eigenvalue weighted by molar-refractivity contribution is 5.97. The monoisotopic (exact) mass is 256 g/mol. The van der Waals surface area contributed by atoms with Crippen LogP contribution < -0.4 is 0 Å². The zero-order valence-corrected chi connectivity index (χ0v) is 10.0. The number of aliphatic hydroxyl groups excluding tert-OH is 1. The minimum absolute atomic E-state index is 0.260. The van der Waals surface area contributed by atoms with Gasteiger partial charge in [0.1, 0.15) is 0 Å². The van der Waals surface area contributed by atoms with Crippen LogP contribution in [-0.2, 0) is 9.53 Å². The van der Waals surface area contributed by atoms with Crippen LogP contribution >= 0.6 is 0 Å². The zero-order valence-electron chi connectivity index (χ0n) is 10.0. The molecule has 0 radical (unpaired) electrons. The number of hydrogen-bond acceptors (Lipinski definition) is 4. The van der Waals surface area contributed by atoms with Crippen molar-refractivity contribution in [3.63, 3.8) is 0 Å². The second kappa shape index (κ2) is 5.93. The van der Waals surface area contributed by atoms with E-state index in [1.165, 1.54) is 12.1 Å². The van der Waals surface area contributed by atoms with Crippen molar-refractivity contribution in [2.75, 3.05) is 0 Å². The molecule has 96 valence electrons. The molecule has 1 unspecified atom stereocenters. The molecule has 1 atom stereocenters. The molecule has 0 aromatic heterocycles. The Bertz CT molecular complexity index is 563. The van der Waals surface area contributed by atoms with Gasteiger partial charge in [0.25, 0.3) is 0 Å². The van der Waals surface area contributed by atoms with Gasteiger partial charge in [-0.05, 0) is 17.7 Å². The van der Waals surface area contributed by atoms with Crippen LogP contribution in [-0.4, -0.2) is 17.0 Å². The summed E-state index contributed by atoms with van der Waals surface area (Å²) in [5.41, 5.74) is 0.643. The van der Waals surface area contributed by atoms with Crippen LogP contribution in [0.1, 0.15) is 22.0 Å². The highest BCUT2D eigenvalue weighted by Gasteiger charge is 2.22. The number of carbonyl (C=O) groups is 2. The zero-order chi connectivity index (χ0) is 13.7. The van der Waals surface area contributed by atoms with E-state index in [4.69, 9.17) is 0 Å². The molecule has 19 heavy (non-hydrogen) atoms. The lowest BCUT2D eigenvalue weighted by Gasteiger charge is -2.09. The van der Waals surface area contributed by atoms with E-state index < -0.39 is 18.0 Å². The Morgan fingerprint density at radius 1 is 0.895 bits per heavy atom. The number of ether oxygens (including phenoxy) is 1. The van der Waals surface area contributed by atoms with E-state index >= 15 is 0 Å².